The maximum absolute atomic E-state index is 2.48. The van der Waals surface area contributed by atoms with Gasteiger partial charge in [0.05, 0.1) is 16.7 Å². The number of para-hydroxylation sites is 2. The predicted molar refractivity (Wildman–Crippen MR) is 118 cm³/mol. The first-order chi connectivity index (χ1) is 13.7. The van der Waals surface area contributed by atoms with Gasteiger partial charge >= 0.3 is 0 Å². The van der Waals surface area contributed by atoms with Gasteiger partial charge in [0.15, 0.2) is 0 Å². The number of benzene rings is 4. The summed E-state index contributed by atoms with van der Waals surface area (Å²) in [7, 11) is 0. The van der Waals surface area contributed by atoms with Crippen LogP contribution in [0.3, 0.4) is 0 Å². The van der Waals surface area contributed by atoms with Crippen molar-refractivity contribution >= 4 is 21.8 Å². The first kappa shape index (κ1) is 15.7. The van der Waals surface area contributed by atoms with Crippen molar-refractivity contribution < 1.29 is 0 Å². The summed E-state index contributed by atoms with van der Waals surface area (Å²) in [6.07, 6.45) is 0. The van der Waals surface area contributed by atoms with Gasteiger partial charge in [-0.2, -0.15) is 0 Å². The lowest BCUT2D eigenvalue weighted by molar-refractivity contribution is 0.632. The van der Waals surface area contributed by atoms with Gasteiger partial charge < -0.3 is 4.57 Å². The van der Waals surface area contributed by atoms with E-state index in [2.05, 4.69) is 109 Å². The van der Waals surface area contributed by atoms with E-state index < -0.39 is 0 Å². The molecule has 6 rings (SSSR count). The molecule has 1 aliphatic rings. The van der Waals surface area contributed by atoms with Crippen molar-refractivity contribution in [2.45, 2.75) is 19.3 Å². The normalized spacial score (nSPS) is 14.4. The highest BCUT2D eigenvalue weighted by molar-refractivity contribution is 6.13. The zero-order chi connectivity index (χ0) is 18.9. The Balaban J connectivity index is 1.90. The molecule has 1 heteroatoms. The van der Waals surface area contributed by atoms with Crippen LogP contribution in [0.5, 0.6) is 0 Å². The van der Waals surface area contributed by atoms with E-state index in [4.69, 9.17) is 0 Å². The van der Waals surface area contributed by atoms with Gasteiger partial charge in [-0.3, -0.25) is 0 Å². The molecule has 28 heavy (non-hydrogen) atoms. The fourth-order valence-electron chi connectivity index (χ4n) is 5.13. The van der Waals surface area contributed by atoms with Crippen LogP contribution < -0.4 is 0 Å². The predicted octanol–water partition coefficient (Wildman–Crippen LogP) is 7.09. The van der Waals surface area contributed by atoms with Crippen LogP contribution in [0.25, 0.3) is 38.6 Å². The first-order valence-corrected chi connectivity index (χ1v) is 9.90. The van der Waals surface area contributed by atoms with E-state index in [1.807, 2.05) is 0 Å². The molecule has 0 aliphatic carbocycles. The molecule has 2 heterocycles. The maximum Gasteiger partial charge on any atom is 0.0588 e. The van der Waals surface area contributed by atoms with Crippen molar-refractivity contribution in [3.63, 3.8) is 0 Å². The van der Waals surface area contributed by atoms with Crippen LogP contribution in [0, 0.1) is 0 Å². The molecule has 1 nitrogen and oxygen atoms in total. The van der Waals surface area contributed by atoms with Gasteiger partial charge in [0.2, 0.25) is 0 Å². The molecule has 0 atom stereocenters. The second kappa shape index (κ2) is 5.36. The van der Waals surface area contributed by atoms with Crippen molar-refractivity contribution in [3.8, 4) is 16.8 Å². The molecule has 0 unspecified atom stereocenters. The van der Waals surface area contributed by atoms with E-state index in [1.54, 1.807) is 0 Å². The third-order valence-corrected chi connectivity index (χ3v) is 6.36. The maximum atomic E-state index is 2.48. The number of hydrogen-bond acceptors (Lipinski definition) is 0. The van der Waals surface area contributed by atoms with Crippen molar-refractivity contribution in [2.75, 3.05) is 0 Å². The average molecular weight is 359 g/mol. The van der Waals surface area contributed by atoms with Gasteiger partial charge in [0.25, 0.3) is 0 Å². The van der Waals surface area contributed by atoms with E-state index in [0.29, 0.717) is 0 Å². The third-order valence-electron chi connectivity index (χ3n) is 6.36. The minimum atomic E-state index is -0.0777. The van der Waals surface area contributed by atoms with Gasteiger partial charge in [0.1, 0.15) is 0 Å². The second-order valence-electron chi connectivity index (χ2n) is 8.25. The van der Waals surface area contributed by atoms with E-state index in [1.165, 1.54) is 49.7 Å². The molecule has 0 saturated heterocycles. The van der Waals surface area contributed by atoms with Crippen LogP contribution in [0.2, 0.25) is 0 Å². The molecule has 0 N–H and O–H groups in total. The summed E-state index contributed by atoms with van der Waals surface area (Å²) in [5.74, 6) is 0. The van der Waals surface area contributed by atoms with Crippen LogP contribution in [0.4, 0.5) is 0 Å². The van der Waals surface area contributed by atoms with Gasteiger partial charge in [-0.15, -0.1) is 0 Å². The summed E-state index contributed by atoms with van der Waals surface area (Å²) < 4.78 is 2.48. The van der Waals surface area contributed by atoms with Crippen molar-refractivity contribution in [3.05, 3.63) is 102 Å². The highest BCUT2D eigenvalue weighted by atomic mass is 15.0. The minimum Gasteiger partial charge on any atom is -0.309 e. The fourth-order valence-corrected chi connectivity index (χ4v) is 5.13. The number of nitrogens with zero attached hydrogens (tertiary/aromatic N) is 1. The molecule has 0 saturated carbocycles. The van der Waals surface area contributed by atoms with Crippen LogP contribution >= 0.6 is 0 Å². The summed E-state index contributed by atoms with van der Waals surface area (Å²) in [5.41, 5.74) is 9.28. The zero-order valence-corrected chi connectivity index (χ0v) is 16.1. The standard InChI is InChI=1S/C27H21N/c1-27(2)22-13-7-9-15-24(22)28-23-14-8-6-12-20(23)21-17-16-19(25(27)26(21)28)18-10-4-3-5-11-18/h3-17H,1-2H3. The molecule has 4 aromatic carbocycles. The smallest absolute Gasteiger partial charge is 0.0588 e. The highest BCUT2D eigenvalue weighted by Gasteiger charge is 2.36. The summed E-state index contributed by atoms with van der Waals surface area (Å²) >= 11 is 0. The Morgan fingerprint density at radius 2 is 1.36 bits per heavy atom. The molecule has 0 radical (unpaired) electrons. The molecular weight excluding hydrogens is 338 g/mol. The lowest BCUT2D eigenvalue weighted by Gasteiger charge is -2.36. The Kier molecular flexibility index (Phi) is 3.01. The molecule has 0 bridgehead atoms. The van der Waals surface area contributed by atoms with Crippen molar-refractivity contribution in [1.29, 1.82) is 0 Å². The SMILES string of the molecule is CC1(C)c2ccccc2-n2c3ccccc3c3ccc(-c4ccccc4)c1c32. The molecule has 134 valence electrons. The summed E-state index contributed by atoms with van der Waals surface area (Å²) in [4.78, 5) is 0. The quantitative estimate of drug-likeness (QED) is 0.301. The minimum absolute atomic E-state index is 0.0777. The number of aromatic nitrogens is 1. The van der Waals surface area contributed by atoms with Crippen LogP contribution in [-0.2, 0) is 5.41 Å². The number of rotatable bonds is 1. The summed E-state index contributed by atoms with van der Waals surface area (Å²) in [5, 5.41) is 2.67. The largest absolute Gasteiger partial charge is 0.309 e. The lowest BCUT2D eigenvalue weighted by Crippen LogP contribution is -2.27. The Morgan fingerprint density at radius 3 is 2.21 bits per heavy atom. The van der Waals surface area contributed by atoms with Crippen molar-refractivity contribution in [1.82, 2.24) is 4.57 Å². The molecule has 1 aliphatic heterocycles. The third kappa shape index (κ3) is 1.86. The molecule has 0 amide bonds. The summed E-state index contributed by atoms with van der Waals surface area (Å²) in [6.45, 7) is 4.74. The van der Waals surface area contributed by atoms with E-state index >= 15 is 0 Å². The molecule has 0 fully saturated rings. The Morgan fingerprint density at radius 1 is 0.643 bits per heavy atom. The topological polar surface area (TPSA) is 4.93 Å². The van der Waals surface area contributed by atoms with E-state index in [9.17, 15) is 0 Å². The Bertz CT molecular complexity index is 1370. The van der Waals surface area contributed by atoms with E-state index in [0.717, 1.165) is 0 Å². The number of fused-ring (bicyclic) bond motifs is 5. The van der Waals surface area contributed by atoms with E-state index in [-0.39, 0.29) is 5.41 Å². The second-order valence-corrected chi connectivity index (χ2v) is 8.25. The van der Waals surface area contributed by atoms with Crippen LogP contribution in [-0.4, -0.2) is 4.57 Å². The average Bonchev–Trinajstić information content (AvgIpc) is 3.07. The Labute approximate surface area is 164 Å². The molecular formula is C27H21N. The molecule has 1 aromatic heterocycles. The van der Waals surface area contributed by atoms with Gasteiger partial charge in [0, 0.05) is 16.2 Å². The van der Waals surface area contributed by atoms with Gasteiger partial charge in [-0.05, 0) is 34.4 Å². The fraction of sp³-hybridized carbons (Fsp3) is 0.111. The molecule has 5 aromatic rings. The van der Waals surface area contributed by atoms with Gasteiger partial charge in [-0.25, -0.2) is 0 Å². The van der Waals surface area contributed by atoms with Gasteiger partial charge in [-0.1, -0.05) is 92.7 Å². The van der Waals surface area contributed by atoms with Crippen molar-refractivity contribution in [2.24, 2.45) is 0 Å². The molecule has 0 spiro atoms. The highest BCUT2D eigenvalue weighted by Crippen LogP contribution is 2.50. The monoisotopic (exact) mass is 359 g/mol. The Hall–Kier alpha value is -3.32. The first-order valence-electron chi connectivity index (χ1n) is 9.90. The number of hydrogen-bond donors (Lipinski definition) is 0. The summed E-state index contributed by atoms with van der Waals surface area (Å²) in [6, 6.07) is 33.1. The lowest BCUT2D eigenvalue weighted by atomic mass is 9.72. The van der Waals surface area contributed by atoms with Crippen LogP contribution in [0.15, 0.2) is 91.0 Å². The zero-order valence-electron chi connectivity index (χ0n) is 16.1. The van der Waals surface area contributed by atoms with Crippen LogP contribution in [0.1, 0.15) is 25.0 Å².